The van der Waals surface area contributed by atoms with Gasteiger partial charge in [0.25, 0.3) is 0 Å². The SMILES string of the molecule is Cc1ccc(C(N)=S)c(N(C)C2CCC2)n1. The van der Waals surface area contributed by atoms with Gasteiger partial charge in [-0.25, -0.2) is 4.98 Å². The van der Waals surface area contributed by atoms with Gasteiger partial charge in [-0.3, -0.25) is 0 Å². The molecule has 2 N–H and O–H groups in total. The van der Waals surface area contributed by atoms with Crippen LogP contribution in [0.1, 0.15) is 30.5 Å². The minimum atomic E-state index is 0.425. The van der Waals surface area contributed by atoms with E-state index in [1.807, 2.05) is 19.1 Å². The van der Waals surface area contributed by atoms with Crippen molar-refractivity contribution < 1.29 is 0 Å². The first-order chi connectivity index (χ1) is 7.59. The average Bonchev–Trinajstić information content (AvgIpc) is 2.14. The molecule has 2 rings (SSSR count). The van der Waals surface area contributed by atoms with Crippen LogP contribution in [-0.2, 0) is 0 Å². The predicted molar refractivity (Wildman–Crippen MR) is 70.9 cm³/mol. The van der Waals surface area contributed by atoms with E-state index in [-0.39, 0.29) is 0 Å². The van der Waals surface area contributed by atoms with Crippen LogP contribution in [0.25, 0.3) is 0 Å². The zero-order chi connectivity index (χ0) is 11.7. The third-order valence-electron chi connectivity index (χ3n) is 3.24. The van der Waals surface area contributed by atoms with Crippen LogP contribution in [0.2, 0.25) is 0 Å². The molecule has 0 aliphatic heterocycles. The molecule has 1 aliphatic rings. The molecule has 0 aromatic carbocycles. The van der Waals surface area contributed by atoms with Crippen molar-refractivity contribution in [2.45, 2.75) is 32.2 Å². The normalized spacial score (nSPS) is 15.6. The van der Waals surface area contributed by atoms with Crippen molar-refractivity contribution in [2.75, 3.05) is 11.9 Å². The molecule has 0 saturated heterocycles. The first-order valence-corrected chi connectivity index (χ1v) is 6.00. The summed E-state index contributed by atoms with van der Waals surface area (Å²) in [5, 5.41) is 0. The van der Waals surface area contributed by atoms with Gasteiger partial charge in [0.2, 0.25) is 0 Å². The maximum Gasteiger partial charge on any atom is 0.139 e. The molecular formula is C12H17N3S. The molecule has 0 atom stereocenters. The van der Waals surface area contributed by atoms with Gasteiger partial charge >= 0.3 is 0 Å². The highest BCUT2D eigenvalue weighted by molar-refractivity contribution is 7.80. The van der Waals surface area contributed by atoms with Crippen molar-refractivity contribution in [3.05, 3.63) is 23.4 Å². The van der Waals surface area contributed by atoms with Crippen LogP contribution in [0.15, 0.2) is 12.1 Å². The molecule has 0 spiro atoms. The lowest BCUT2D eigenvalue weighted by molar-refractivity contribution is 0.399. The van der Waals surface area contributed by atoms with Crippen molar-refractivity contribution in [3.8, 4) is 0 Å². The van der Waals surface area contributed by atoms with Crippen LogP contribution in [0.3, 0.4) is 0 Å². The molecule has 0 unspecified atom stereocenters. The van der Waals surface area contributed by atoms with Gasteiger partial charge in [-0.1, -0.05) is 12.2 Å². The van der Waals surface area contributed by atoms with E-state index in [1.165, 1.54) is 19.3 Å². The Balaban J connectivity index is 2.36. The van der Waals surface area contributed by atoms with Crippen molar-refractivity contribution >= 4 is 23.0 Å². The molecule has 0 radical (unpaired) electrons. The molecule has 3 nitrogen and oxygen atoms in total. The first-order valence-electron chi connectivity index (χ1n) is 5.60. The summed E-state index contributed by atoms with van der Waals surface area (Å²) in [6.07, 6.45) is 3.79. The van der Waals surface area contributed by atoms with E-state index in [2.05, 4.69) is 16.9 Å². The standard InChI is InChI=1S/C12H17N3S/c1-8-6-7-10(11(13)16)12(14-8)15(2)9-4-3-5-9/h6-7,9H,3-5H2,1-2H3,(H2,13,16). The number of pyridine rings is 1. The lowest BCUT2D eigenvalue weighted by atomic mass is 9.91. The summed E-state index contributed by atoms with van der Waals surface area (Å²) in [4.78, 5) is 7.19. The molecular weight excluding hydrogens is 218 g/mol. The topological polar surface area (TPSA) is 42.1 Å². The minimum absolute atomic E-state index is 0.425. The largest absolute Gasteiger partial charge is 0.389 e. The number of thiocarbonyl (C=S) groups is 1. The highest BCUT2D eigenvalue weighted by atomic mass is 32.1. The Labute approximate surface area is 102 Å². The first kappa shape index (κ1) is 11.3. The zero-order valence-corrected chi connectivity index (χ0v) is 10.5. The molecule has 1 fully saturated rings. The maximum atomic E-state index is 5.73. The van der Waals surface area contributed by atoms with E-state index in [4.69, 9.17) is 18.0 Å². The summed E-state index contributed by atoms with van der Waals surface area (Å²) in [7, 11) is 2.08. The lowest BCUT2D eigenvalue weighted by Crippen LogP contribution is -2.38. The number of rotatable bonds is 3. The smallest absolute Gasteiger partial charge is 0.139 e. The number of hydrogen-bond donors (Lipinski definition) is 1. The Bertz CT molecular complexity index is 413. The zero-order valence-electron chi connectivity index (χ0n) is 9.73. The number of hydrogen-bond acceptors (Lipinski definition) is 3. The Morgan fingerprint density at radius 1 is 1.50 bits per heavy atom. The summed E-state index contributed by atoms with van der Waals surface area (Å²) in [5.74, 6) is 0.928. The molecule has 1 aromatic rings. The highest BCUT2D eigenvalue weighted by Crippen LogP contribution is 2.29. The monoisotopic (exact) mass is 235 g/mol. The third kappa shape index (κ3) is 2.02. The molecule has 86 valence electrons. The van der Waals surface area contributed by atoms with E-state index >= 15 is 0 Å². The van der Waals surface area contributed by atoms with Gasteiger partial charge in [0.1, 0.15) is 10.8 Å². The maximum absolute atomic E-state index is 5.73. The number of aromatic nitrogens is 1. The van der Waals surface area contributed by atoms with Crippen LogP contribution in [0.5, 0.6) is 0 Å². The molecule has 0 amide bonds. The van der Waals surface area contributed by atoms with Crippen LogP contribution < -0.4 is 10.6 Å². The number of aryl methyl sites for hydroxylation is 1. The van der Waals surface area contributed by atoms with Crippen LogP contribution in [0.4, 0.5) is 5.82 Å². The summed E-state index contributed by atoms with van der Waals surface area (Å²) in [5.41, 5.74) is 7.61. The molecule has 1 aliphatic carbocycles. The van der Waals surface area contributed by atoms with Crippen molar-refractivity contribution in [1.29, 1.82) is 0 Å². The number of anilines is 1. The quantitative estimate of drug-likeness (QED) is 0.814. The molecule has 1 heterocycles. The van der Waals surface area contributed by atoms with Gasteiger partial charge in [-0.05, 0) is 38.3 Å². The fourth-order valence-corrected chi connectivity index (χ4v) is 2.11. The average molecular weight is 235 g/mol. The Kier molecular flexibility index (Phi) is 3.10. The molecule has 1 saturated carbocycles. The summed E-state index contributed by atoms with van der Waals surface area (Å²) >= 11 is 5.06. The van der Waals surface area contributed by atoms with E-state index in [1.54, 1.807) is 0 Å². The summed E-state index contributed by atoms with van der Waals surface area (Å²) in [6.45, 7) is 1.99. The number of nitrogens with zero attached hydrogens (tertiary/aromatic N) is 2. The number of nitrogens with two attached hydrogens (primary N) is 1. The van der Waals surface area contributed by atoms with Gasteiger partial charge in [0.05, 0.1) is 5.56 Å². The van der Waals surface area contributed by atoms with E-state index in [0.29, 0.717) is 11.0 Å². The van der Waals surface area contributed by atoms with Crippen LogP contribution >= 0.6 is 12.2 Å². The van der Waals surface area contributed by atoms with Gasteiger partial charge in [0.15, 0.2) is 0 Å². The predicted octanol–water partition coefficient (Wildman–Crippen LogP) is 2.01. The van der Waals surface area contributed by atoms with Gasteiger partial charge in [0, 0.05) is 18.8 Å². The Morgan fingerprint density at radius 2 is 2.19 bits per heavy atom. The second kappa shape index (κ2) is 4.37. The minimum Gasteiger partial charge on any atom is -0.389 e. The van der Waals surface area contributed by atoms with Gasteiger partial charge in [-0.15, -0.1) is 0 Å². The lowest BCUT2D eigenvalue weighted by Gasteiger charge is -2.36. The Hall–Kier alpha value is -1.16. The second-order valence-electron chi connectivity index (χ2n) is 4.38. The van der Waals surface area contributed by atoms with E-state index < -0.39 is 0 Å². The van der Waals surface area contributed by atoms with E-state index in [9.17, 15) is 0 Å². The Morgan fingerprint density at radius 3 is 2.69 bits per heavy atom. The molecule has 16 heavy (non-hydrogen) atoms. The van der Waals surface area contributed by atoms with Crippen LogP contribution in [0, 0.1) is 6.92 Å². The van der Waals surface area contributed by atoms with Gasteiger partial charge in [-0.2, -0.15) is 0 Å². The van der Waals surface area contributed by atoms with Crippen molar-refractivity contribution in [2.24, 2.45) is 5.73 Å². The second-order valence-corrected chi connectivity index (χ2v) is 4.82. The van der Waals surface area contributed by atoms with Crippen molar-refractivity contribution in [3.63, 3.8) is 0 Å². The third-order valence-corrected chi connectivity index (χ3v) is 3.46. The highest BCUT2D eigenvalue weighted by Gasteiger charge is 2.25. The molecule has 0 bridgehead atoms. The molecule has 1 aromatic heterocycles. The van der Waals surface area contributed by atoms with E-state index in [0.717, 1.165) is 17.1 Å². The van der Waals surface area contributed by atoms with Crippen molar-refractivity contribution in [1.82, 2.24) is 4.98 Å². The summed E-state index contributed by atoms with van der Waals surface area (Å²) < 4.78 is 0. The van der Waals surface area contributed by atoms with Crippen LogP contribution in [-0.4, -0.2) is 23.1 Å². The fourth-order valence-electron chi connectivity index (χ4n) is 1.95. The van der Waals surface area contributed by atoms with Gasteiger partial charge < -0.3 is 10.6 Å². The fraction of sp³-hybridized carbons (Fsp3) is 0.500. The molecule has 4 heteroatoms. The summed E-state index contributed by atoms with van der Waals surface area (Å²) in [6, 6.07) is 4.52.